The fourth-order valence-corrected chi connectivity index (χ4v) is 0. The van der Waals surface area contributed by atoms with Crippen molar-refractivity contribution in [3.63, 3.8) is 0 Å². The summed E-state index contributed by atoms with van der Waals surface area (Å²) in [5.74, 6) is 0. The van der Waals surface area contributed by atoms with Crippen LogP contribution in [0.1, 0.15) is 0 Å². The Morgan fingerprint density at radius 2 is 0.294 bits per heavy atom. The average molecular weight is 548 g/mol. The number of halogens is 12. The van der Waals surface area contributed by atoms with E-state index in [1.165, 1.54) is 0 Å². The summed E-state index contributed by atoms with van der Waals surface area (Å²) < 4.78 is 117. The Kier molecular flexibility index (Phi) is 47.9. The van der Waals surface area contributed by atoms with Gasteiger partial charge in [0, 0.05) is 70.5 Å². The Morgan fingerprint density at radius 1 is 0.294 bits per heavy atom. The van der Waals surface area contributed by atoms with Gasteiger partial charge in [-0.1, -0.05) is 0 Å². The molecule has 0 aromatic rings. The van der Waals surface area contributed by atoms with Gasteiger partial charge in [0.05, 0.1) is 0 Å². The average Bonchev–Trinajstić information content (AvgIpc) is 1.76. The first-order valence-electron chi connectivity index (χ1n) is 2.27. The second kappa shape index (κ2) is 26.2. The van der Waals surface area contributed by atoms with Gasteiger partial charge in [-0.15, -0.1) is 0 Å². The van der Waals surface area contributed by atoms with Gasteiger partial charge in [-0.05, 0) is 0 Å². The van der Waals surface area contributed by atoms with Gasteiger partial charge >= 0.3 is 35.4 Å². The molecule has 0 spiro atoms. The molecule has 0 N–H and O–H groups in total. The molecule has 1 radical (unpaired) electrons. The van der Waals surface area contributed by atoms with E-state index in [4.69, 9.17) is 0 Å². The molecule has 0 rings (SSSR count). The van der Waals surface area contributed by atoms with Crippen LogP contribution in [0, 0.1) is 0 Å². The zero-order chi connectivity index (χ0) is 14.3. The van der Waals surface area contributed by atoms with Crippen LogP contribution >= 0.6 is 35.4 Å². The smallest absolute Gasteiger partial charge is 0 e. The molecule has 0 saturated carbocycles. The molecule has 17 heteroatoms. The Balaban J connectivity index is -0.0000000369. The van der Waals surface area contributed by atoms with Crippen molar-refractivity contribution in [1.29, 1.82) is 0 Å². The standard InChI is InChI=1S/4F3HP.Ir/c4*1-4(2)3;/h4*4H;/q4*+1;. The summed E-state index contributed by atoms with van der Waals surface area (Å²) in [4.78, 5) is 0. The van der Waals surface area contributed by atoms with Crippen LogP contribution in [0.2, 0.25) is 0 Å². The number of rotatable bonds is 0. The summed E-state index contributed by atoms with van der Waals surface area (Å²) in [7, 11) is -17.5. The van der Waals surface area contributed by atoms with Crippen LogP contribution in [0.25, 0.3) is 0 Å². The zero-order valence-corrected chi connectivity index (χ0v) is 13.3. The van der Waals surface area contributed by atoms with Gasteiger partial charge in [0.25, 0.3) is 0 Å². The predicted octanol–water partition coefficient (Wildman–Crippen LogP) is 7.41. The normalized spacial score (nSPS) is 8.47. The quantitative estimate of drug-likeness (QED) is 0.219. The monoisotopic (exact) mass is 549 g/mol. The minimum absolute atomic E-state index is 0. The fraction of sp³-hybridized carbons (Fsp3) is 0. The Labute approximate surface area is 106 Å². The molecular formula is H4F12IrP4+4. The molecule has 0 unspecified atom stereocenters. The van der Waals surface area contributed by atoms with Crippen LogP contribution < -0.4 is 0 Å². The van der Waals surface area contributed by atoms with Gasteiger partial charge in [-0.2, -0.15) is 0 Å². The first-order chi connectivity index (χ1) is 6.93. The van der Waals surface area contributed by atoms with E-state index in [-0.39, 0.29) is 20.1 Å². The van der Waals surface area contributed by atoms with Crippen LogP contribution in [0.4, 0.5) is 50.4 Å². The van der Waals surface area contributed by atoms with Crippen molar-refractivity contribution < 1.29 is 70.5 Å². The fourth-order valence-electron chi connectivity index (χ4n) is 0. The third-order valence-corrected chi connectivity index (χ3v) is 0. The summed E-state index contributed by atoms with van der Waals surface area (Å²) in [5, 5.41) is 0. The van der Waals surface area contributed by atoms with E-state index in [1.54, 1.807) is 0 Å². The second-order valence-corrected chi connectivity index (χ2v) is 2.57. The van der Waals surface area contributed by atoms with Crippen molar-refractivity contribution in [2.45, 2.75) is 0 Å². The van der Waals surface area contributed by atoms with Crippen molar-refractivity contribution in [3.05, 3.63) is 0 Å². The summed E-state index contributed by atoms with van der Waals surface area (Å²) >= 11 is 0. The van der Waals surface area contributed by atoms with Gasteiger partial charge in [0.1, 0.15) is 0 Å². The maximum Gasteiger partial charge on any atom is 0.558 e. The van der Waals surface area contributed by atoms with Crippen LogP contribution in [0.15, 0.2) is 0 Å². The van der Waals surface area contributed by atoms with Gasteiger partial charge in [0.2, 0.25) is 0 Å². The summed E-state index contributed by atoms with van der Waals surface area (Å²) in [6.07, 6.45) is 0. The van der Waals surface area contributed by atoms with Crippen LogP contribution in [0.5, 0.6) is 0 Å². The zero-order valence-electron chi connectivity index (χ0n) is 6.87. The molecule has 17 heavy (non-hydrogen) atoms. The van der Waals surface area contributed by atoms with E-state index in [0.29, 0.717) is 0 Å². The summed E-state index contributed by atoms with van der Waals surface area (Å²) in [6, 6.07) is 0. The molecule has 0 aromatic heterocycles. The molecule has 0 fully saturated rings. The first kappa shape index (κ1) is 31.1. The molecule has 0 aliphatic heterocycles. The van der Waals surface area contributed by atoms with Crippen molar-refractivity contribution in [1.82, 2.24) is 0 Å². The third-order valence-electron chi connectivity index (χ3n) is 0. The van der Waals surface area contributed by atoms with E-state index in [1.807, 2.05) is 0 Å². The van der Waals surface area contributed by atoms with Crippen LogP contribution in [-0.2, 0) is 20.1 Å². The van der Waals surface area contributed by atoms with E-state index in [9.17, 15) is 50.4 Å². The molecule has 113 valence electrons. The molecular weight excluding hydrogens is 544 g/mol. The SMILES string of the molecule is F[PH+](F)F.F[PH+](F)F.F[PH+](F)F.F[PH+](F)F.[Ir]. The molecule has 0 saturated heterocycles. The van der Waals surface area contributed by atoms with Gasteiger partial charge in [0.15, 0.2) is 0 Å². The van der Waals surface area contributed by atoms with Gasteiger partial charge < -0.3 is 0 Å². The van der Waals surface area contributed by atoms with Crippen molar-refractivity contribution in [2.24, 2.45) is 0 Å². The molecule has 0 nitrogen and oxygen atoms in total. The van der Waals surface area contributed by atoms with Crippen LogP contribution in [-0.4, -0.2) is 0 Å². The van der Waals surface area contributed by atoms with Gasteiger partial charge in [-0.25, -0.2) is 0 Å². The van der Waals surface area contributed by atoms with Crippen LogP contribution in [0.3, 0.4) is 0 Å². The van der Waals surface area contributed by atoms with E-state index in [0.717, 1.165) is 0 Å². The summed E-state index contributed by atoms with van der Waals surface area (Å²) in [5.41, 5.74) is 0. The Hall–Kier alpha value is 1.53. The topological polar surface area (TPSA) is 0 Å². The maximum absolute atomic E-state index is 9.77. The van der Waals surface area contributed by atoms with Gasteiger partial charge in [-0.3, -0.25) is 0 Å². The minimum Gasteiger partial charge on any atom is 0 e. The number of hydrogen-bond donors (Lipinski definition) is 0. The van der Waals surface area contributed by atoms with E-state index < -0.39 is 35.4 Å². The molecule has 0 aliphatic carbocycles. The molecule has 0 aromatic carbocycles. The summed E-state index contributed by atoms with van der Waals surface area (Å²) in [6.45, 7) is 0. The molecule has 0 amide bonds. The van der Waals surface area contributed by atoms with E-state index in [2.05, 4.69) is 0 Å². The van der Waals surface area contributed by atoms with Crippen molar-refractivity contribution in [2.75, 3.05) is 0 Å². The minimum atomic E-state index is -4.38. The molecule has 0 atom stereocenters. The molecule has 0 aliphatic rings. The Morgan fingerprint density at radius 3 is 0.294 bits per heavy atom. The van der Waals surface area contributed by atoms with Crippen molar-refractivity contribution in [3.8, 4) is 0 Å². The number of hydrogen-bond acceptors (Lipinski definition) is 0. The van der Waals surface area contributed by atoms with E-state index >= 15 is 0 Å². The largest absolute Gasteiger partial charge is 0.558 e. The first-order valence-corrected chi connectivity index (χ1v) is 6.80. The molecule has 0 bridgehead atoms. The third kappa shape index (κ3) is 1810. The maximum atomic E-state index is 9.77. The van der Waals surface area contributed by atoms with Crippen molar-refractivity contribution >= 4 is 35.4 Å². The Bertz CT molecular complexity index is 61.5. The molecule has 0 heterocycles. The predicted molar refractivity (Wildman–Crippen MR) is 46.6 cm³/mol. The second-order valence-electron chi connectivity index (χ2n) is 0.857.